The number of halogens is 3. The Morgan fingerprint density at radius 3 is 2.33 bits per heavy atom. The second-order valence-electron chi connectivity index (χ2n) is 4.90. The highest BCUT2D eigenvalue weighted by atomic mass is 19.4. The van der Waals surface area contributed by atoms with E-state index in [1.807, 2.05) is 6.07 Å². The van der Waals surface area contributed by atoms with Crippen LogP contribution in [-0.2, 0) is 6.18 Å². The molecule has 0 amide bonds. The van der Waals surface area contributed by atoms with Crippen molar-refractivity contribution in [2.24, 2.45) is 0 Å². The van der Waals surface area contributed by atoms with E-state index >= 15 is 0 Å². The van der Waals surface area contributed by atoms with Gasteiger partial charge in [-0.3, -0.25) is 4.98 Å². The van der Waals surface area contributed by atoms with E-state index in [9.17, 15) is 13.2 Å². The maximum atomic E-state index is 12.7. The number of nitriles is 1. The number of hydrogen-bond acceptors (Lipinski definition) is 4. The van der Waals surface area contributed by atoms with E-state index in [0.29, 0.717) is 28.1 Å². The van der Waals surface area contributed by atoms with E-state index in [-0.39, 0.29) is 0 Å². The maximum Gasteiger partial charge on any atom is 0.416 e. The summed E-state index contributed by atoms with van der Waals surface area (Å²) in [5.41, 5.74) is 1.63. The zero-order valence-electron chi connectivity index (χ0n) is 12.1. The number of hydrogen-bond donors (Lipinski definition) is 0. The second kappa shape index (κ2) is 6.08. The van der Waals surface area contributed by atoms with E-state index in [1.54, 1.807) is 12.1 Å². The highest BCUT2D eigenvalue weighted by Gasteiger charge is 2.30. The summed E-state index contributed by atoms with van der Waals surface area (Å²) < 4.78 is 38.1. The summed E-state index contributed by atoms with van der Waals surface area (Å²) in [7, 11) is 0. The summed E-state index contributed by atoms with van der Waals surface area (Å²) in [5.74, 6) is 0. The summed E-state index contributed by atoms with van der Waals surface area (Å²) in [5, 5.41) is 9.05. The quantitative estimate of drug-likeness (QED) is 0.711. The van der Waals surface area contributed by atoms with Gasteiger partial charge in [0.25, 0.3) is 0 Å². The van der Waals surface area contributed by atoms with Gasteiger partial charge in [0.1, 0.15) is 12.4 Å². The lowest BCUT2D eigenvalue weighted by molar-refractivity contribution is -0.137. The van der Waals surface area contributed by atoms with Crippen molar-refractivity contribution >= 4 is 0 Å². The van der Waals surface area contributed by atoms with E-state index in [1.165, 1.54) is 30.9 Å². The Kier molecular flexibility index (Phi) is 3.96. The zero-order valence-corrected chi connectivity index (χ0v) is 12.1. The fourth-order valence-electron chi connectivity index (χ4n) is 2.22. The molecular formula is C17H9F3N4. The van der Waals surface area contributed by atoms with Crippen LogP contribution in [0.4, 0.5) is 13.2 Å². The lowest BCUT2D eigenvalue weighted by atomic mass is 10.0. The first kappa shape index (κ1) is 15.6. The molecule has 0 spiro atoms. The number of aromatic nitrogens is 3. The lowest BCUT2D eigenvalue weighted by Crippen LogP contribution is -2.04. The molecule has 0 saturated heterocycles. The molecule has 0 N–H and O–H groups in total. The third-order valence-corrected chi connectivity index (χ3v) is 3.36. The Labute approximate surface area is 135 Å². The monoisotopic (exact) mass is 326 g/mol. The van der Waals surface area contributed by atoms with Crippen LogP contribution in [0.25, 0.3) is 22.5 Å². The predicted octanol–water partition coefficient (Wildman–Crippen LogP) is 4.10. The van der Waals surface area contributed by atoms with Gasteiger partial charge in [0, 0.05) is 23.5 Å². The van der Waals surface area contributed by atoms with Crippen LogP contribution in [0.2, 0.25) is 0 Å². The summed E-state index contributed by atoms with van der Waals surface area (Å²) in [6.45, 7) is 0. The fraction of sp³-hybridized carbons (Fsp3) is 0.0588. The Morgan fingerprint density at radius 1 is 1.00 bits per heavy atom. The second-order valence-corrected chi connectivity index (χ2v) is 4.90. The minimum absolute atomic E-state index is 0.333. The van der Waals surface area contributed by atoms with Crippen molar-refractivity contribution in [2.45, 2.75) is 6.18 Å². The molecule has 0 saturated carbocycles. The normalized spacial score (nSPS) is 11.1. The topological polar surface area (TPSA) is 62.5 Å². The standard InChI is InChI=1S/C17H9F3N4/c18-17(19,20)13-3-1-12(2-4-13)16-14(7-11(8-21)9-23-16)15-5-6-22-10-24-15/h1-7,9-10H. The van der Waals surface area contributed by atoms with Crippen molar-refractivity contribution < 1.29 is 13.2 Å². The van der Waals surface area contributed by atoms with Gasteiger partial charge in [-0.15, -0.1) is 0 Å². The molecule has 0 aliphatic carbocycles. The first-order valence-electron chi connectivity index (χ1n) is 6.83. The largest absolute Gasteiger partial charge is 0.416 e. The van der Waals surface area contributed by atoms with Crippen molar-refractivity contribution in [3.63, 3.8) is 0 Å². The number of nitrogens with zero attached hydrogens (tertiary/aromatic N) is 4. The van der Waals surface area contributed by atoms with Crippen LogP contribution in [0.3, 0.4) is 0 Å². The molecule has 2 aromatic heterocycles. The van der Waals surface area contributed by atoms with Gasteiger partial charge in [-0.1, -0.05) is 12.1 Å². The van der Waals surface area contributed by atoms with Gasteiger partial charge in [0.15, 0.2) is 0 Å². The third-order valence-electron chi connectivity index (χ3n) is 3.36. The van der Waals surface area contributed by atoms with Crippen molar-refractivity contribution in [1.29, 1.82) is 5.26 Å². The average Bonchev–Trinajstić information content (AvgIpc) is 2.61. The highest BCUT2D eigenvalue weighted by Crippen LogP contribution is 2.33. The molecule has 118 valence electrons. The van der Waals surface area contributed by atoms with Gasteiger partial charge < -0.3 is 0 Å². The van der Waals surface area contributed by atoms with Crippen molar-refractivity contribution in [3.05, 3.63) is 66.2 Å². The fourth-order valence-corrected chi connectivity index (χ4v) is 2.22. The van der Waals surface area contributed by atoms with E-state index < -0.39 is 11.7 Å². The molecule has 0 radical (unpaired) electrons. The van der Waals surface area contributed by atoms with Gasteiger partial charge in [-0.05, 0) is 24.3 Å². The molecule has 0 unspecified atom stereocenters. The van der Waals surface area contributed by atoms with Crippen LogP contribution in [0.5, 0.6) is 0 Å². The first-order chi connectivity index (χ1) is 11.5. The highest BCUT2D eigenvalue weighted by molar-refractivity contribution is 5.79. The predicted molar refractivity (Wildman–Crippen MR) is 80.4 cm³/mol. The zero-order chi connectivity index (χ0) is 17.2. The minimum atomic E-state index is -4.40. The van der Waals surface area contributed by atoms with Crippen LogP contribution < -0.4 is 0 Å². The summed E-state index contributed by atoms with van der Waals surface area (Å²) >= 11 is 0. The summed E-state index contributed by atoms with van der Waals surface area (Å²) in [6.07, 6.45) is -0.132. The molecule has 0 fully saturated rings. The number of benzene rings is 1. The van der Waals surface area contributed by atoms with Gasteiger partial charge in [0.05, 0.1) is 22.5 Å². The van der Waals surface area contributed by atoms with Crippen LogP contribution >= 0.6 is 0 Å². The van der Waals surface area contributed by atoms with Gasteiger partial charge in [0.2, 0.25) is 0 Å². The van der Waals surface area contributed by atoms with Gasteiger partial charge in [-0.2, -0.15) is 18.4 Å². The molecule has 0 bridgehead atoms. The van der Waals surface area contributed by atoms with Crippen LogP contribution in [-0.4, -0.2) is 15.0 Å². The van der Waals surface area contributed by atoms with Crippen molar-refractivity contribution in [3.8, 4) is 28.6 Å². The lowest BCUT2D eigenvalue weighted by Gasteiger charge is -2.10. The Hall–Kier alpha value is -3.27. The third kappa shape index (κ3) is 3.08. The molecule has 0 atom stereocenters. The molecule has 0 aliphatic heterocycles. The molecule has 0 aliphatic rings. The smallest absolute Gasteiger partial charge is 0.254 e. The maximum absolute atomic E-state index is 12.7. The molecule has 24 heavy (non-hydrogen) atoms. The van der Waals surface area contributed by atoms with Gasteiger partial charge in [-0.25, -0.2) is 9.97 Å². The number of alkyl halides is 3. The molecule has 2 heterocycles. The average molecular weight is 326 g/mol. The Morgan fingerprint density at radius 2 is 1.75 bits per heavy atom. The van der Waals surface area contributed by atoms with Crippen LogP contribution in [0.15, 0.2) is 55.1 Å². The van der Waals surface area contributed by atoms with E-state index in [4.69, 9.17) is 5.26 Å². The van der Waals surface area contributed by atoms with Crippen molar-refractivity contribution in [1.82, 2.24) is 15.0 Å². The SMILES string of the molecule is N#Cc1cnc(-c2ccc(C(F)(F)F)cc2)c(-c2ccncn2)c1. The first-order valence-corrected chi connectivity index (χ1v) is 6.83. The molecule has 7 heteroatoms. The Bertz CT molecular complexity index is 898. The van der Waals surface area contributed by atoms with Gasteiger partial charge >= 0.3 is 6.18 Å². The van der Waals surface area contributed by atoms with Crippen LogP contribution in [0, 0.1) is 11.3 Å². The summed E-state index contributed by atoms with van der Waals surface area (Å²) in [4.78, 5) is 12.2. The molecule has 3 aromatic rings. The minimum Gasteiger partial charge on any atom is -0.254 e. The number of rotatable bonds is 2. The van der Waals surface area contributed by atoms with E-state index in [0.717, 1.165) is 12.1 Å². The number of pyridine rings is 1. The molecular weight excluding hydrogens is 317 g/mol. The van der Waals surface area contributed by atoms with Crippen molar-refractivity contribution in [2.75, 3.05) is 0 Å². The Balaban J connectivity index is 2.13. The molecule has 4 nitrogen and oxygen atoms in total. The molecule has 3 rings (SSSR count). The summed E-state index contributed by atoms with van der Waals surface area (Å²) in [6, 6.07) is 9.93. The molecule has 1 aromatic carbocycles. The van der Waals surface area contributed by atoms with Crippen LogP contribution in [0.1, 0.15) is 11.1 Å². The van der Waals surface area contributed by atoms with E-state index in [2.05, 4.69) is 15.0 Å².